The van der Waals surface area contributed by atoms with Crippen LogP contribution in [0.5, 0.6) is 0 Å². The summed E-state index contributed by atoms with van der Waals surface area (Å²) in [6, 6.07) is 24.0. The Hall–Kier alpha value is -3.47. The number of aromatic nitrogens is 2. The van der Waals surface area contributed by atoms with Gasteiger partial charge in [-0.3, -0.25) is 4.79 Å². The molecule has 28 heavy (non-hydrogen) atoms. The van der Waals surface area contributed by atoms with E-state index in [1.165, 1.54) is 0 Å². The van der Waals surface area contributed by atoms with E-state index in [9.17, 15) is 4.79 Å². The van der Waals surface area contributed by atoms with Gasteiger partial charge in [-0.1, -0.05) is 65.8 Å². The van der Waals surface area contributed by atoms with E-state index >= 15 is 0 Å². The molecule has 1 amide bonds. The van der Waals surface area contributed by atoms with Gasteiger partial charge in [0, 0.05) is 25.1 Å². The number of carbonyl (C=O) groups excluding carboxylic acids is 1. The minimum Gasteiger partial charge on any atom is -0.339 e. The summed E-state index contributed by atoms with van der Waals surface area (Å²) >= 11 is 0. The molecule has 0 atom stereocenters. The van der Waals surface area contributed by atoms with Crippen LogP contribution in [-0.2, 0) is 6.42 Å². The maximum atomic E-state index is 12.8. The van der Waals surface area contributed by atoms with Gasteiger partial charge in [-0.25, -0.2) is 0 Å². The van der Waals surface area contributed by atoms with E-state index in [0.717, 1.165) is 16.3 Å². The fourth-order valence-corrected chi connectivity index (χ4v) is 3.59. The van der Waals surface area contributed by atoms with Crippen LogP contribution >= 0.6 is 0 Å². The van der Waals surface area contributed by atoms with Gasteiger partial charge < -0.3 is 9.42 Å². The second-order valence-corrected chi connectivity index (χ2v) is 7.18. The quantitative estimate of drug-likeness (QED) is 0.544. The van der Waals surface area contributed by atoms with E-state index in [-0.39, 0.29) is 11.8 Å². The average molecular weight is 369 g/mol. The maximum absolute atomic E-state index is 12.8. The second kappa shape index (κ2) is 6.93. The number of hydrogen-bond donors (Lipinski definition) is 0. The Morgan fingerprint density at radius 1 is 0.964 bits per heavy atom. The fraction of sp³-hybridized carbons (Fsp3) is 0.174. The third kappa shape index (κ3) is 3.16. The molecule has 1 aliphatic heterocycles. The Balaban J connectivity index is 1.24. The van der Waals surface area contributed by atoms with Crippen LogP contribution < -0.4 is 0 Å². The molecule has 0 N–H and O–H groups in total. The molecule has 5 heteroatoms. The van der Waals surface area contributed by atoms with Crippen LogP contribution in [0.15, 0.2) is 77.3 Å². The van der Waals surface area contributed by atoms with Crippen LogP contribution in [0.4, 0.5) is 0 Å². The Bertz CT molecular complexity index is 1130. The first-order chi connectivity index (χ1) is 13.8. The topological polar surface area (TPSA) is 59.2 Å². The highest BCUT2D eigenvalue weighted by Gasteiger charge is 2.36. The lowest BCUT2D eigenvalue weighted by Crippen LogP contribution is -2.48. The van der Waals surface area contributed by atoms with E-state index < -0.39 is 0 Å². The standard InChI is InChI=1S/C23H19N3O2/c27-23(19-11-10-17-8-4-5-9-18(17)13-19)26-14-20(15-26)22-24-21(25-28-22)12-16-6-2-1-3-7-16/h1-11,13,20H,12,14-15H2. The summed E-state index contributed by atoms with van der Waals surface area (Å²) in [6.45, 7) is 1.22. The number of rotatable bonds is 4. The van der Waals surface area contributed by atoms with Gasteiger partial charge in [0.2, 0.25) is 5.89 Å². The maximum Gasteiger partial charge on any atom is 0.253 e. The lowest BCUT2D eigenvalue weighted by molar-refractivity contribution is 0.0569. The number of benzene rings is 3. The third-order valence-corrected chi connectivity index (χ3v) is 5.20. The lowest BCUT2D eigenvalue weighted by Gasteiger charge is -2.37. The number of likely N-dealkylation sites (tertiary alicyclic amines) is 1. The summed E-state index contributed by atoms with van der Waals surface area (Å²) in [4.78, 5) is 19.1. The number of fused-ring (bicyclic) bond motifs is 1. The first kappa shape index (κ1) is 16.7. The van der Waals surface area contributed by atoms with Gasteiger partial charge >= 0.3 is 0 Å². The van der Waals surface area contributed by atoms with Crippen LogP contribution in [-0.4, -0.2) is 34.0 Å². The molecule has 4 aromatic rings. The van der Waals surface area contributed by atoms with Gasteiger partial charge in [-0.2, -0.15) is 4.98 Å². The smallest absolute Gasteiger partial charge is 0.253 e. The van der Waals surface area contributed by atoms with E-state index in [1.807, 2.05) is 77.7 Å². The molecule has 1 saturated heterocycles. The Morgan fingerprint density at radius 3 is 2.54 bits per heavy atom. The third-order valence-electron chi connectivity index (χ3n) is 5.20. The zero-order chi connectivity index (χ0) is 18.9. The second-order valence-electron chi connectivity index (χ2n) is 7.18. The summed E-state index contributed by atoms with van der Waals surface area (Å²) in [5, 5.41) is 6.30. The zero-order valence-corrected chi connectivity index (χ0v) is 15.3. The molecule has 3 aromatic carbocycles. The van der Waals surface area contributed by atoms with Gasteiger partial charge in [0.25, 0.3) is 5.91 Å². The molecule has 0 radical (unpaired) electrons. The average Bonchev–Trinajstić information content (AvgIpc) is 3.15. The summed E-state index contributed by atoms with van der Waals surface area (Å²) in [6.07, 6.45) is 0.650. The van der Waals surface area contributed by atoms with Gasteiger partial charge in [0.1, 0.15) is 0 Å². The first-order valence-electron chi connectivity index (χ1n) is 9.41. The van der Waals surface area contributed by atoms with E-state index in [2.05, 4.69) is 10.1 Å². The number of hydrogen-bond acceptors (Lipinski definition) is 4. The normalized spacial score (nSPS) is 14.2. The van der Waals surface area contributed by atoms with Gasteiger partial charge in [0.15, 0.2) is 5.82 Å². The molecule has 1 aliphatic rings. The summed E-state index contributed by atoms with van der Waals surface area (Å²) < 4.78 is 5.43. The minimum atomic E-state index is 0.0472. The molecule has 0 saturated carbocycles. The van der Waals surface area contributed by atoms with Crippen molar-refractivity contribution in [2.24, 2.45) is 0 Å². The van der Waals surface area contributed by atoms with Crippen molar-refractivity contribution < 1.29 is 9.32 Å². The molecule has 0 spiro atoms. The SMILES string of the molecule is O=C(c1ccc2ccccc2c1)N1CC(c2nc(Cc3ccccc3)no2)C1. The monoisotopic (exact) mass is 369 g/mol. The summed E-state index contributed by atoms with van der Waals surface area (Å²) in [5.41, 5.74) is 1.86. The zero-order valence-electron chi connectivity index (χ0n) is 15.3. The molecule has 1 aromatic heterocycles. The van der Waals surface area contributed by atoms with Crippen molar-refractivity contribution in [2.75, 3.05) is 13.1 Å². The van der Waals surface area contributed by atoms with Crippen LogP contribution in [0.1, 0.15) is 33.6 Å². The van der Waals surface area contributed by atoms with Crippen LogP contribution in [0.2, 0.25) is 0 Å². The predicted octanol–water partition coefficient (Wildman–Crippen LogP) is 4.05. The largest absolute Gasteiger partial charge is 0.339 e. The Labute approximate surface area is 162 Å². The van der Waals surface area contributed by atoms with Crippen molar-refractivity contribution in [3.63, 3.8) is 0 Å². The van der Waals surface area contributed by atoms with Crippen LogP contribution in [0.3, 0.4) is 0 Å². The van der Waals surface area contributed by atoms with Crippen molar-refractivity contribution in [3.05, 3.63) is 95.6 Å². The van der Waals surface area contributed by atoms with E-state index in [4.69, 9.17) is 4.52 Å². The highest BCUT2D eigenvalue weighted by atomic mass is 16.5. The molecule has 0 aliphatic carbocycles. The lowest BCUT2D eigenvalue weighted by atomic mass is 9.98. The molecule has 138 valence electrons. The molecule has 0 bridgehead atoms. The van der Waals surface area contributed by atoms with Crippen LogP contribution in [0, 0.1) is 0 Å². The summed E-state index contributed by atoms with van der Waals surface area (Å²) in [5.74, 6) is 1.46. The number of carbonyl (C=O) groups is 1. The molecule has 0 unspecified atom stereocenters. The molecule has 5 nitrogen and oxygen atoms in total. The molecule has 2 heterocycles. The minimum absolute atomic E-state index is 0.0472. The molecular weight excluding hydrogens is 350 g/mol. The summed E-state index contributed by atoms with van der Waals surface area (Å²) in [7, 11) is 0. The van der Waals surface area contributed by atoms with Crippen LogP contribution in [0.25, 0.3) is 10.8 Å². The fourth-order valence-electron chi connectivity index (χ4n) is 3.59. The number of nitrogens with zero attached hydrogens (tertiary/aromatic N) is 3. The first-order valence-corrected chi connectivity index (χ1v) is 9.41. The number of amides is 1. The highest BCUT2D eigenvalue weighted by molar-refractivity contribution is 5.99. The van der Waals surface area contributed by atoms with Gasteiger partial charge in [-0.15, -0.1) is 0 Å². The van der Waals surface area contributed by atoms with Crippen molar-refractivity contribution in [1.29, 1.82) is 0 Å². The predicted molar refractivity (Wildman–Crippen MR) is 106 cm³/mol. The van der Waals surface area contributed by atoms with Gasteiger partial charge in [0.05, 0.1) is 5.92 Å². The van der Waals surface area contributed by atoms with E-state index in [0.29, 0.717) is 36.8 Å². The van der Waals surface area contributed by atoms with Crippen molar-refractivity contribution in [1.82, 2.24) is 15.0 Å². The highest BCUT2D eigenvalue weighted by Crippen LogP contribution is 2.28. The van der Waals surface area contributed by atoms with Gasteiger partial charge in [-0.05, 0) is 28.5 Å². The molecular formula is C23H19N3O2. The van der Waals surface area contributed by atoms with Crippen molar-refractivity contribution >= 4 is 16.7 Å². The van der Waals surface area contributed by atoms with Crippen molar-refractivity contribution in [2.45, 2.75) is 12.3 Å². The van der Waals surface area contributed by atoms with E-state index in [1.54, 1.807) is 0 Å². The Kier molecular flexibility index (Phi) is 4.13. The van der Waals surface area contributed by atoms with Crippen molar-refractivity contribution in [3.8, 4) is 0 Å². The molecule has 1 fully saturated rings. The Morgan fingerprint density at radius 2 is 1.71 bits per heavy atom. The molecule has 5 rings (SSSR count).